The molecule has 0 spiro atoms. The smallest absolute Gasteiger partial charge is 0.326 e. The zero-order valence-electron chi connectivity index (χ0n) is 22.7. The van der Waals surface area contributed by atoms with E-state index in [2.05, 4.69) is 9.98 Å². The highest BCUT2D eigenvalue weighted by Gasteiger charge is 2.41. The minimum absolute atomic E-state index is 0.0582. The van der Waals surface area contributed by atoms with Crippen LogP contribution in [0.4, 0.5) is 0 Å². The van der Waals surface area contributed by atoms with E-state index in [1.807, 2.05) is 74.5 Å². The number of aliphatic carboxylic acids is 1. The number of carboxylic acids is 1. The molecule has 0 aromatic heterocycles. The molecule has 3 unspecified atom stereocenters. The molecule has 2 rings (SSSR count). The van der Waals surface area contributed by atoms with Crippen LogP contribution < -0.4 is 0 Å². The van der Waals surface area contributed by atoms with Crippen molar-refractivity contribution in [2.24, 2.45) is 15.9 Å². The summed E-state index contributed by atoms with van der Waals surface area (Å²) in [7, 11) is 0. The summed E-state index contributed by atoms with van der Waals surface area (Å²) >= 11 is 0. The molecule has 2 aromatic carbocycles. The molecule has 0 aliphatic rings. The summed E-state index contributed by atoms with van der Waals surface area (Å²) in [4.78, 5) is 50.7. The number of carbonyl (C=O) groups excluding carboxylic acids is 2. The number of carbonyl (C=O) groups is 3. The first-order valence-corrected chi connectivity index (χ1v) is 12.7. The number of imide groups is 1. The van der Waals surface area contributed by atoms with Crippen LogP contribution in [0.25, 0.3) is 0 Å². The van der Waals surface area contributed by atoms with Crippen molar-refractivity contribution in [3.05, 3.63) is 71.8 Å². The van der Waals surface area contributed by atoms with Gasteiger partial charge < -0.3 is 5.11 Å². The molecule has 3 atom stereocenters. The van der Waals surface area contributed by atoms with Crippen LogP contribution in [-0.4, -0.2) is 57.3 Å². The molecule has 37 heavy (non-hydrogen) atoms. The minimum atomic E-state index is -1.32. The van der Waals surface area contributed by atoms with Gasteiger partial charge in [-0.2, -0.15) is 0 Å². The lowest BCUT2D eigenvalue weighted by Crippen LogP contribution is -2.55. The Labute approximate surface area is 220 Å². The maximum absolute atomic E-state index is 14.1. The number of nitrogens with zero attached hydrogens (tertiary/aromatic N) is 3. The molecule has 0 fully saturated rings. The SMILES string of the molecule is CC(C)=NC(Cc1ccccc1)C(=O)N(C(=O)C(Cc1ccccc1)N=C(C)C)C(CC(C)C)C(=O)O. The van der Waals surface area contributed by atoms with E-state index >= 15 is 0 Å². The van der Waals surface area contributed by atoms with E-state index in [0.717, 1.165) is 16.0 Å². The van der Waals surface area contributed by atoms with E-state index in [1.165, 1.54) is 0 Å². The highest BCUT2D eigenvalue weighted by molar-refractivity contribution is 6.04. The van der Waals surface area contributed by atoms with Crippen molar-refractivity contribution in [1.29, 1.82) is 0 Å². The van der Waals surface area contributed by atoms with Gasteiger partial charge in [0.2, 0.25) is 0 Å². The molecule has 7 nitrogen and oxygen atoms in total. The quantitative estimate of drug-likeness (QED) is 0.409. The number of rotatable bonds is 12. The number of hydrogen-bond acceptors (Lipinski definition) is 5. The molecule has 0 bridgehead atoms. The predicted molar refractivity (Wildman–Crippen MR) is 148 cm³/mol. The maximum Gasteiger partial charge on any atom is 0.326 e. The standard InChI is InChI=1S/C30H39N3O4/c1-20(2)17-27(30(36)37)33(28(34)25(31-21(3)4)18-23-13-9-7-10-14-23)29(35)26(32-22(5)6)19-24-15-11-8-12-16-24/h7-16,20,25-27H,17-19H2,1-6H3,(H,36,37). The number of carboxylic acid groups (broad SMARTS) is 1. The van der Waals surface area contributed by atoms with Crippen molar-refractivity contribution in [3.8, 4) is 0 Å². The van der Waals surface area contributed by atoms with Crippen LogP contribution in [-0.2, 0) is 27.2 Å². The lowest BCUT2D eigenvalue weighted by Gasteiger charge is -2.32. The Morgan fingerprint density at radius 3 is 1.41 bits per heavy atom. The Morgan fingerprint density at radius 2 is 1.11 bits per heavy atom. The second-order valence-electron chi connectivity index (χ2n) is 10.1. The van der Waals surface area contributed by atoms with Gasteiger partial charge >= 0.3 is 5.97 Å². The second kappa shape index (κ2) is 14.2. The molecule has 0 radical (unpaired) electrons. The van der Waals surface area contributed by atoms with Crippen LogP contribution in [0.3, 0.4) is 0 Å². The minimum Gasteiger partial charge on any atom is -0.480 e. The van der Waals surface area contributed by atoms with Gasteiger partial charge in [-0.1, -0.05) is 74.5 Å². The summed E-state index contributed by atoms with van der Waals surface area (Å²) in [6.45, 7) is 10.9. The lowest BCUT2D eigenvalue weighted by molar-refractivity contribution is -0.159. The first-order valence-electron chi connectivity index (χ1n) is 12.7. The fraction of sp³-hybridized carbons (Fsp3) is 0.433. The Balaban J connectivity index is 2.60. The third-order valence-electron chi connectivity index (χ3n) is 5.71. The normalized spacial score (nSPS) is 13.3. The van der Waals surface area contributed by atoms with Crippen LogP contribution >= 0.6 is 0 Å². The number of benzene rings is 2. The number of hydrogen-bond donors (Lipinski definition) is 1. The first kappa shape index (κ1) is 29.6. The van der Waals surface area contributed by atoms with Crippen LogP contribution in [0.5, 0.6) is 0 Å². The molecule has 198 valence electrons. The molecule has 0 saturated carbocycles. The molecule has 2 aromatic rings. The third-order valence-corrected chi connectivity index (χ3v) is 5.71. The van der Waals surface area contributed by atoms with E-state index < -0.39 is 35.9 Å². The molecular formula is C30H39N3O4. The molecule has 2 amide bonds. The third kappa shape index (κ3) is 9.41. The van der Waals surface area contributed by atoms with Crippen molar-refractivity contribution < 1.29 is 19.5 Å². The average molecular weight is 506 g/mol. The second-order valence-corrected chi connectivity index (χ2v) is 10.1. The summed E-state index contributed by atoms with van der Waals surface area (Å²) in [6, 6.07) is 15.6. The van der Waals surface area contributed by atoms with Gasteiger partial charge in [-0.3, -0.25) is 24.5 Å². The molecule has 7 heteroatoms. The summed E-state index contributed by atoms with van der Waals surface area (Å²) in [5.74, 6) is -2.52. The molecular weight excluding hydrogens is 466 g/mol. The molecule has 0 aliphatic heterocycles. The maximum atomic E-state index is 14.1. The Bertz CT molecular complexity index is 1030. The van der Waals surface area contributed by atoms with Crippen LogP contribution in [0.15, 0.2) is 70.6 Å². The van der Waals surface area contributed by atoms with Crippen LogP contribution in [0.1, 0.15) is 59.1 Å². The largest absolute Gasteiger partial charge is 0.480 e. The predicted octanol–water partition coefficient (Wildman–Crippen LogP) is 5.03. The van der Waals surface area contributed by atoms with E-state index in [0.29, 0.717) is 11.4 Å². The molecule has 0 aliphatic carbocycles. The van der Waals surface area contributed by atoms with Crippen molar-refractivity contribution in [3.63, 3.8) is 0 Å². The van der Waals surface area contributed by atoms with Crippen LogP contribution in [0, 0.1) is 5.92 Å². The van der Waals surface area contributed by atoms with E-state index in [9.17, 15) is 19.5 Å². The summed E-state index contributed by atoms with van der Waals surface area (Å²) in [5, 5.41) is 10.2. The van der Waals surface area contributed by atoms with Crippen molar-refractivity contribution in [2.45, 2.75) is 78.9 Å². The van der Waals surface area contributed by atoms with Gasteiger partial charge in [-0.25, -0.2) is 4.79 Å². The zero-order valence-corrected chi connectivity index (χ0v) is 22.7. The Morgan fingerprint density at radius 1 is 0.730 bits per heavy atom. The number of aliphatic imine (C=N–C) groups is 2. The van der Waals surface area contributed by atoms with Crippen LogP contribution in [0.2, 0.25) is 0 Å². The van der Waals surface area contributed by atoms with Gasteiger partial charge in [0.05, 0.1) is 0 Å². The summed E-state index contributed by atoms with van der Waals surface area (Å²) in [6.07, 6.45) is 0.636. The highest BCUT2D eigenvalue weighted by atomic mass is 16.4. The molecule has 0 saturated heterocycles. The monoisotopic (exact) mass is 505 g/mol. The van der Waals surface area contributed by atoms with Gasteiger partial charge in [0.1, 0.15) is 18.1 Å². The lowest BCUT2D eigenvalue weighted by atomic mass is 9.97. The summed E-state index contributed by atoms with van der Waals surface area (Å²) < 4.78 is 0. The number of amides is 2. The Kier molecular flexibility index (Phi) is 11.4. The first-order chi connectivity index (χ1) is 17.5. The van der Waals surface area contributed by atoms with Crippen molar-refractivity contribution in [2.75, 3.05) is 0 Å². The van der Waals surface area contributed by atoms with Gasteiger partial charge in [0.15, 0.2) is 0 Å². The Hall–Kier alpha value is -3.61. The zero-order chi connectivity index (χ0) is 27.5. The van der Waals surface area contributed by atoms with Gasteiger partial charge in [0, 0.05) is 24.3 Å². The van der Waals surface area contributed by atoms with Crippen molar-refractivity contribution >= 4 is 29.2 Å². The summed E-state index contributed by atoms with van der Waals surface area (Å²) in [5.41, 5.74) is 3.08. The fourth-order valence-corrected chi connectivity index (χ4v) is 4.17. The molecule has 0 heterocycles. The van der Waals surface area contributed by atoms with Crippen molar-refractivity contribution in [1.82, 2.24) is 4.90 Å². The average Bonchev–Trinajstić information content (AvgIpc) is 2.83. The van der Waals surface area contributed by atoms with E-state index in [4.69, 9.17) is 0 Å². The van der Waals surface area contributed by atoms with E-state index in [1.54, 1.807) is 27.7 Å². The topological polar surface area (TPSA) is 99.4 Å². The fourth-order valence-electron chi connectivity index (χ4n) is 4.17. The molecule has 1 N–H and O–H groups in total. The van der Waals surface area contributed by atoms with Gasteiger partial charge in [-0.15, -0.1) is 0 Å². The van der Waals surface area contributed by atoms with Gasteiger partial charge in [0.25, 0.3) is 11.8 Å². The van der Waals surface area contributed by atoms with E-state index in [-0.39, 0.29) is 25.2 Å². The highest BCUT2D eigenvalue weighted by Crippen LogP contribution is 2.21. The van der Waals surface area contributed by atoms with Gasteiger partial charge in [-0.05, 0) is 51.2 Å².